The Morgan fingerprint density at radius 1 is 0.765 bits per heavy atom. The van der Waals surface area contributed by atoms with Gasteiger partial charge in [0, 0.05) is 11.6 Å². The molecule has 2 aromatic rings. The number of rotatable bonds is 0. The first-order valence-electron chi connectivity index (χ1n) is 4.24. The van der Waals surface area contributed by atoms with E-state index in [0.29, 0.717) is 10.0 Å². The summed E-state index contributed by atoms with van der Waals surface area (Å²) in [7, 11) is 0. The summed E-state index contributed by atoms with van der Waals surface area (Å²) in [5.41, 5.74) is 0. The van der Waals surface area contributed by atoms with E-state index in [-0.39, 0.29) is 21.7 Å². The molecule has 0 fully saturated rings. The van der Waals surface area contributed by atoms with Gasteiger partial charge < -0.3 is 0 Å². The van der Waals surface area contributed by atoms with Gasteiger partial charge in [0.25, 0.3) is 0 Å². The Balaban J connectivity index is 0.000000284. The van der Waals surface area contributed by atoms with Gasteiger partial charge in [0.15, 0.2) is 0 Å². The molecule has 0 saturated carbocycles. The molecule has 0 aliphatic rings. The first-order valence-corrected chi connectivity index (χ1v) is 5.00. The maximum atomic E-state index is 12.0. The van der Waals surface area contributed by atoms with Crippen LogP contribution in [0.4, 0.5) is 8.78 Å². The van der Waals surface area contributed by atoms with Crippen LogP contribution < -0.4 is 0 Å². The summed E-state index contributed by atoms with van der Waals surface area (Å²) < 4.78 is 24.1. The maximum Gasteiger partial charge on any atom is 2.00 e. The summed E-state index contributed by atoms with van der Waals surface area (Å²) in [6.45, 7) is 0. The fraction of sp³-hybridized carbons (Fsp3) is 0. The molecule has 0 nitrogen and oxygen atoms in total. The Morgan fingerprint density at radius 2 is 1.12 bits per heavy atom. The predicted octanol–water partition coefficient (Wildman–Crippen LogP) is 4.56. The topological polar surface area (TPSA) is 0 Å². The molecule has 17 heavy (non-hydrogen) atoms. The minimum Gasteiger partial charge on any atom is -0.236 e. The molecule has 2 rings (SSSR count). The van der Waals surface area contributed by atoms with E-state index in [2.05, 4.69) is 12.1 Å². The molecule has 0 heterocycles. The minimum absolute atomic E-state index is 0. The van der Waals surface area contributed by atoms with Gasteiger partial charge in [0.05, 0.1) is 0 Å². The van der Waals surface area contributed by atoms with Gasteiger partial charge in [-0.3, -0.25) is 0 Å². The van der Waals surface area contributed by atoms with Crippen molar-refractivity contribution in [1.29, 1.82) is 0 Å². The van der Waals surface area contributed by atoms with Gasteiger partial charge in [-0.25, -0.2) is 8.78 Å². The molecule has 0 aliphatic carbocycles. The van der Waals surface area contributed by atoms with E-state index in [1.807, 2.05) is 0 Å². The summed E-state index contributed by atoms with van der Waals surface area (Å²) in [4.78, 5) is 0. The fourth-order valence-electron chi connectivity index (χ4n) is 0.829. The van der Waals surface area contributed by atoms with Crippen LogP contribution in [0.5, 0.6) is 0 Å². The summed E-state index contributed by atoms with van der Waals surface area (Å²) in [5.74, 6) is -0.838. The second-order valence-electron chi connectivity index (χ2n) is 2.69. The van der Waals surface area contributed by atoms with Crippen LogP contribution in [0.15, 0.2) is 36.4 Å². The number of hydrogen-bond donors (Lipinski definition) is 0. The molecule has 0 saturated heterocycles. The standard InChI is InChI=1S/2C6H3ClF.Ti/c2*7-5-2-1-3-6(8)4-5;/h2*1-3H;/q2*-1;+2. The summed E-state index contributed by atoms with van der Waals surface area (Å²) in [5, 5.41) is 0.620. The maximum absolute atomic E-state index is 12.0. The number of halogens is 4. The minimum atomic E-state index is -0.419. The molecule has 0 unspecified atom stereocenters. The second kappa shape index (κ2) is 8.65. The van der Waals surface area contributed by atoms with Crippen molar-refractivity contribution >= 4 is 23.2 Å². The molecule has 0 radical (unpaired) electrons. The average Bonchev–Trinajstić information content (AvgIpc) is 2.17. The third kappa shape index (κ3) is 7.51. The molecule has 5 heteroatoms. The molecular formula is C12H6Cl2F2Ti. The molecule has 0 aliphatic heterocycles. The largest absolute Gasteiger partial charge is 2.00 e. The summed E-state index contributed by atoms with van der Waals surface area (Å²) >= 11 is 10.7. The molecule has 2 aromatic carbocycles. The smallest absolute Gasteiger partial charge is 0.236 e. The molecule has 0 spiro atoms. The van der Waals surface area contributed by atoms with Crippen molar-refractivity contribution in [1.82, 2.24) is 0 Å². The van der Waals surface area contributed by atoms with E-state index in [0.717, 1.165) is 0 Å². The van der Waals surface area contributed by atoms with Gasteiger partial charge in [-0.15, -0.1) is 47.5 Å². The third-order valence-electron chi connectivity index (χ3n) is 1.45. The predicted molar refractivity (Wildman–Crippen MR) is 60.5 cm³/mol. The zero-order valence-electron chi connectivity index (χ0n) is 8.48. The van der Waals surface area contributed by atoms with Crippen molar-refractivity contribution in [2.75, 3.05) is 0 Å². The van der Waals surface area contributed by atoms with Crippen molar-refractivity contribution in [3.63, 3.8) is 0 Å². The van der Waals surface area contributed by atoms with Crippen LogP contribution in [0.2, 0.25) is 10.0 Å². The third-order valence-corrected chi connectivity index (χ3v) is 1.89. The summed E-state index contributed by atoms with van der Waals surface area (Å²) in [6.07, 6.45) is 0. The van der Waals surface area contributed by atoms with Crippen molar-refractivity contribution in [2.24, 2.45) is 0 Å². The Bertz CT molecular complexity index is 386. The molecule has 0 atom stereocenters. The van der Waals surface area contributed by atoms with Gasteiger partial charge in [-0.2, -0.15) is 24.3 Å². The monoisotopic (exact) mass is 306 g/mol. The van der Waals surface area contributed by atoms with E-state index >= 15 is 0 Å². The zero-order valence-corrected chi connectivity index (χ0v) is 11.5. The summed E-state index contributed by atoms with van der Waals surface area (Å²) in [6, 6.07) is 13.4. The molecule has 0 bridgehead atoms. The Labute approximate surface area is 123 Å². The van der Waals surface area contributed by atoms with Crippen LogP contribution in [0, 0.1) is 23.8 Å². The van der Waals surface area contributed by atoms with Gasteiger partial charge in [0.1, 0.15) is 0 Å². The molecular weight excluding hydrogens is 301 g/mol. The Hall–Kier alpha value is -0.406. The van der Waals surface area contributed by atoms with Crippen molar-refractivity contribution in [3.8, 4) is 0 Å². The van der Waals surface area contributed by atoms with Crippen LogP contribution in [-0.4, -0.2) is 0 Å². The van der Waals surface area contributed by atoms with Crippen LogP contribution in [0.25, 0.3) is 0 Å². The van der Waals surface area contributed by atoms with E-state index in [1.54, 1.807) is 12.1 Å². The second-order valence-corrected chi connectivity index (χ2v) is 3.51. The van der Waals surface area contributed by atoms with Crippen LogP contribution in [0.3, 0.4) is 0 Å². The Kier molecular flexibility index (Phi) is 8.44. The fourth-order valence-corrected chi connectivity index (χ4v) is 1.15. The van der Waals surface area contributed by atoms with Crippen molar-refractivity contribution in [3.05, 3.63) is 70.2 Å². The Morgan fingerprint density at radius 3 is 1.29 bits per heavy atom. The molecule has 0 N–H and O–H groups in total. The molecule has 0 aromatic heterocycles. The van der Waals surface area contributed by atoms with Crippen LogP contribution in [-0.2, 0) is 21.7 Å². The van der Waals surface area contributed by atoms with Crippen LogP contribution in [0.1, 0.15) is 0 Å². The van der Waals surface area contributed by atoms with E-state index in [1.165, 1.54) is 24.3 Å². The van der Waals surface area contributed by atoms with Crippen molar-refractivity contribution < 1.29 is 30.5 Å². The van der Waals surface area contributed by atoms with Crippen LogP contribution >= 0.6 is 23.2 Å². The average molecular weight is 307 g/mol. The molecule has 86 valence electrons. The quantitative estimate of drug-likeness (QED) is 0.494. The normalized spacial score (nSPS) is 8.71. The van der Waals surface area contributed by atoms with E-state index in [4.69, 9.17) is 23.2 Å². The van der Waals surface area contributed by atoms with Gasteiger partial charge in [-0.05, 0) is 0 Å². The van der Waals surface area contributed by atoms with Gasteiger partial charge in [0.2, 0.25) is 0 Å². The van der Waals surface area contributed by atoms with E-state index in [9.17, 15) is 8.78 Å². The molecule has 0 amide bonds. The van der Waals surface area contributed by atoms with E-state index < -0.39 is 11.6 Å². The van der Waals surface area contributed by atoms with Gasteiger partial charge >= 0.3 is 21.7 Å². The number of hydrogen-bond acceptors (Lipinski definition) is 0. The van der Waals surface area contributed by atoms with Gasteiger partial charge in [-0.1, -0.05) is 10.0 Å². The first kappa shape index (κ1) is 16.6. The van der Waals surface area contributed by atoms with Crippen molar-refractivity contribution in [2.45, 2.75) is 0 Å². The zero-order chi connectivity index (χ0) is 12.0. The number of benzene rings is 2. The first-order chi connectivity index (χ1) is 7.58. The SMILES string of the molecule is Fc1[c-]c(Cl)ccc1.Fc1[c-]c(Cl)ccc1.[Ti+2].